The van der Waals surface area contributed by atoms with E-state index in [0.29, 0.717) is 42.6 Å². The van der Waals surface area contributed by atoms with Crippen molar-refractivity contribution in [1.82, 2.24) is 5.32 Å². The van der Waals surface area contributed by atoms with Gasteiger partial charge in [0.2, 0.25) is 5.91 Å². The fourth-order valence-electron chi connectivity index (χ4n) is 1.58. The van der Waals surface area contributed by atoms with Crippen LogP contribution in [0.25, 0.3) is 0 Å². The Morgan fingerprint density at radius 2 is 2.21 bits per heavy atom. The molecule has 1 aromatic rings. The van der Waals surface area contributed by atoms with Gasteiger partial charge in [-0.1, -0.05) is 11.6 Å². The van der Waals surface area contributed by atoms with Crippen LogP contribution in [-0.4, -0.2) is 26.2 Å². The highest BCUT2D eigenvalue weighted by atomic mass is 35.5. The Morgan fingerprint density at radius 1 is 1.47 bits per heavy atom. The fourth-order valence-corrected chi connectivity index (χ4v) is 1.87. The molecule has 0 atom stereocenters. The van der Waals surface area contributed by atoms with Crippen molar-refractivity contribution in [3.63, 3.8) is 0 Å². The van der Waals surface area contributed by atoms with Crippen molar-refractivity contribution in [2.45, 2.75) is 19.9 Å². The lowest BCUT2D eigenvalue weighted by Crippen LogP contribution is -2.25. The van der Waals surface area contributed by atoms with Gasteiger partial charge < -0.3 is 20.5 Å². The highest BCUT2D eigenvalue weighted by Gasteiger charge is 2.12. The average Bonchev–Trinajstić information content (AvgIpc) is 2.39. The summed E-state index contributed by atoms with van der Waals surface area (Å²) in [7, 11) is 1.55. The highest BCUT2D eigenvalue weighted by molar-refractivity contribution is 6.32. The molecule has 1 aromatic carbocycles. The molecule has 0 spiro atoms. The summed E-state index contributed by atoms with van der Waals surface area (Å²) in [6.45, 7) is 3.08. The standard InChI is InChI=1S/C13H19ClN2O3/c1-3-19-13-10(14)6-9(7-11(13)18-2)8-16-12(17)4-5-15/h6-7H,3-5,8,15H2,1-2H3,(H,16,17). The number of benzene rings is 1. The smallest absolute Gasteiger partial charge is 0.221 e. The average molecular weight is 287 g/mol. The maximum absolute atomic E-state index is 11.3. The minimum absolute atomic E-state index is 0.0912. The summed E-state index contributed by atoms with van der Waals surface area (Å²) >= 11 is 6.13. The number of nitrogens with one attached hydrogen (secondary N) is 1. The molecule has 0 heterocycles. The van der Waals surface area contributed by atoms with Crippen LogP contribution in [0.1, 0.15) is 18.9 Å². The van der Waals surface area contributed by atoms with Gasteiger partial charge in [-0.2, -0.15) is 0 Å². The fraction of sp³-hybridized carbons (Fsp3) is 0.462. The van der Waals surface area contributed by atoms with E-state index in [0.717, 1.165) is 5.56 Å². The zero-order valence-electron chi connectivity index (χ0n) is 11.2. The van der Waals surface area contributed by atoms with Crippen LogP contribution in [0.4, 0.5) is 0 Å². The number of hydrogen-bond acceptors (Lipinski definition) is 4. The number of nitrogens with two attached hydrogens (primary N) is 1. The second-order valence-corrected chi connectivity index (χ2v) is 4.26. The maximum atomic E-state index is 11.3. The van der Waals surface area contributed by atoms with Gasteiger partial charge in [0.25, 0.3) is 0 Å². The van der Waals surface area contributed by atoms with Crippen molar-refractivity contribution in [3.05, 3.63) is 22.7 Å². The Balaban J connectivity index is 2.80. The number of ether oxygens (including phenoxy) is 2. The molecule has 0 saturated heterocycles. The van der Waals surface area contributed by atoms with E-state index >= 15 is 0 Å². The number of halogens is 1. The summed E-state index contributed by atoms with van der Waals surface area (Å²) in [5.41, 5.74) is 6.15. The molecule has 106 valence electrons. The first kappa shape index (κ1) is 15.6. The summed E-state index contributed by atoms with van der Waals surface area (Å²) in [6, 6.07) is 3.54. The van der Waals surface area contributed by atoms with Gasteiger partial charge in [-0.05, 0) is 24.6 Å². The van der Waals surface area contributed by atoms with Gasteiger partial charge in [-0.25, -0.2) is 0 Å². The van der Waals surface area contributed by atoms with Crippen LogP contribution in [0.15, 0.2) is 12.1 Å². The Labute approximate surface area is 118 Å². The lowest BCUT2D eigenvalue weighted by atomic mass is 10.2. The zero-order chi connectivity index (χ0) is 14.3. The van der Waals surface area contributed by atoms with Gasteiger partial charge in [0.1, 0.15) is 0 Å². The SMILES string of the molecule is CCOc1c(Cl)cc(CNC(=O)CCN)cc1OC. The first-order valence-corrected chi connectivity index (χ1v) is 6.46. The van der Waals surface area contributed by atoms with Crippen molar-refractivity contribution >= 4 is 17.5 Å². The van der Waals surface area contributed by atoms with Crippen molar-refractivity contribution in [1.29, 1.82) is 0 Å². The summed E-state index contributed by atoms with van der Waals surface area (Å²) < 4.78 is 10.6. The molecule has 0 saturated carbocycles. The molecular formula is C13H19ClN2O3. The molecule has 0 radical (unpaired) electrons. The molecule has 0 aliphatic rings. The van der Waals surface area contributed by atoms with E-state index in [1.54, 1.807) is 19.2 Å². The minimum Gasteiger partial charge on any atom is -0.493 e. The summed E-state index contributed by atoms with van der Waals surface area (Å²) in [5, 5.41) is 3.22. The van der Waals surface area contributed by atoms with E-state index in [1.165, 1.54) is 0 Å². The molecule has 1 amide bonds. The lowest BCUT2D eigenvalue weighted by Gasteiger charge is -2.13. The van der Waals surface area contributed by atoms with Crippen LogP contribution in [0, 0.1) is 0 Å². The third-order valence-electron chi connectivity index (χ3n) is 2.44. The second-order valence-electron chi connectivity index (χ2n) is 3.86. The molecule has 0 aromatic heterocycles. The number of carbonyl (C=O) groups is 1. The van der Waals surface area contributed by atoms with Crippen LogP contribution in [0.5, 0.6) is 11.5 Å². The van der Waals surface area contributed by atoms with Gasteiger partial charge >= 0.3 is 0 Å². The quantitative estimate of drug-likeness (QED) is 0.800. The van der Waals surface area contributed by atoms with Crippen LogP contribution < -0.4 is 20.5 Å². The predicted octanol–water partition coefficient (Wildman–Crippen LogP) is 1.71. The number of hydrogen-bond donors (Lipinski definition) is 2. The second kappa shape index (κ2) is 7.86. The largest absolute Gasteiger partial charge is 0.493 e. The van der Waals surface area contributed by atoms with Crippen LogP contribution >= 0.6 is 11.6 Å². The van der Waals surface area contributed by atoms with E-state index in [-0.39, 0.29) is 5.91 Å². The molecule has 1 rings (SSSR count). The van der Waals surface area contributed by atoms with Gasteiger partial charge in [-0.15, -0.1) is 0 Å². The molecule has 19 heavy (non-hydrogen) atoms. The first-order valence-electron chi connectivity index (χ1n) is 6.08. The number of amides is 1. The van der Waals surface area contributed by atoms with E-state index < -0.39 is 0 Å². The van der Waals surface area contributed by atoms with Crippen LogP contribution in [-0.2, 0) is 11.3 Å². The van der Waals surface area contributed by atoms with Gasteiger partial charge in [0.15, 0.2) is 11.5 Å². The molecule has 5 nitrogen and oxygen atoms in total. The predicted molar refractivity (Wildman–Crippen MR) is 74.7 cm³/mol. The number of rotatable bonds is 7. The number of methoxy groups -OCH3 is 1. The van der Waals surface area contributed by atoms with Gasteiger partial charge in [0, 0.05) is 19.5 Å². The van der Waals surface area contributed by atoms with Crippen molar-refractivity contribution in [3.8, 4) is 11.5 Å². The normalized spacial score (nSPS) is 10.1. The zero-order valence-corrected chi connectivity index (χ0v) is 11.9. The first-order chi connectivity index (χ1) is 9.12. The Hall–Kier alpha value is -1.46. The monoisotopic (exact) mass is 286 g/mol. The minimum atomic E-state index is -0.0912. The summed E-state index contributed by atoms with van der Waals surface area (Å²) in [5.74, 6) is 0.979. The van der Waals surface area contributed by atoms with Crippen molar-refractivity contribution in [2.75, 3.05) is 20.3 Å². The molecule has 0 unspecified atom stereocenters. The summed E-state index contributed by atoms with van der Waals surface area (Å²) in [4.78, 5) is 11.3. The van der Waals surface area contributed by atoms with E-state index in [1.807, 2.05) is 6.92 Å². The molecule has 0 fully saturated rings. The van der Waals surface area contributed by atoms with E-state index in [2.05, 4.69) is 5.32 Å². The molecule has 0 aliphatic carbocycles. The lowest BCUT2D eigenvalue weighted by molar-refractivity contribution is -0.121. The van der Waals surface area contributed by atoms with E-state index in [9.17, 15) is 4.79 Å². The van der Waals surface area contributed by atoms with Gasteiger partial charge in [0.05, 0.1) is 18.7 Å². The Bertz CT molecular complexity index is 438. The van der Waals surface area contributed by atoms with Crippen LogP contribution in [0.2, 0.25) is 5.02 Å². The molecule has 0 aliphatic heterocycles. The van der Waals surface area contributed by atoms with E-state index in [4.69, 9.17) is 26.8 Å². The van der Waals surface area contributed by atoms with Crippen LogP contribution in [0.3, 0.4) is 0 Å². The van der Waals surface area contributed by atoms with Crippen molar-refractivity contribution < 1.29 is 14.3 Å². The summed E-state index contributed by atoms with van der Waals surface area (Å²) in [6.07, 6.45) is 0.307. The number of carbonyl (C=O) groups excluding carboxylic acids is 1. The maximum Gasteiger partial charge on any atom is 0.221 e. The van der Waals surface area contributed by atoms with Crippen molar-refractivity contribution in [2.24, 2.45) is 5.73 Å². The Morgan fingerprint density at radius 3 is 2.79 bits per heavy atom. The molecular weight excluding hydrogens is 268 g/mol. The third-order valence-corrected chi connectivity index (χ3v) is 2.72. The Kier molecular flexibility index (Phi) is 6.45. The third kappa shape index (κ3) is 4.61. The molecule has 3 N–H and O–H groups in total. The topological polar surface area (TPSA) is 73.6 Å². The highest BCUT2D eigenvalue weighted by Crippen LogP contribution is 2.36. The van der Waals surface area contributed by atoms with Gasteiger partial charge in [-0.3, -0.25) is 4.79 Å². The molecule has 0 bridgehead atoms. The molecule has 6 heteroatoms.